The van der Waals surface area contributed by atoms with Gasteiger partial charge in [0.25, 0.3) is 0 Å². The summed E-state index contributed by atoms with van der Waals surface area (Å²) in [6.45, 7) is -2.27. The largest absolute Gasteiger partial charge is 0.245 e. The fourth-order valence-electron chi connectivity index (χ4n) is 3.33. The minimum Gasteiger partial charge on any atom is -0.245 e. The lowest BCUT2D eigenvalue weighted by molar-refractivity contribution is 1.16. The molecule has 0 spiro atoms. The van der Waals surface area contributed by atoms with Gasteiger partial charge >= 0.3 is 0 Å². The van der Waals surface area contributed by atoms with Crippen LogP contribution >= 0.6 is 18.5 Å². The van der Waals surface area contributed by atoms with Crippen LogP contribution in [-0.2, 0) is 0 Å². The van der Waals surface area contributed by atoms with E-state index in [1.807, 2.05) is 24.3 Å². The molecule has 0 aliphatic rings. The second-order valence-electron chi connectivity index (χ2n) is 6.06. The van der Waals surface area contributed by atoms with Crippen LogP contribution in [0.5, 0.6) is 0 Å². The lowest BCUT2D eigenvalue weighted by atomic mass is 10.4. The van der Waals surface area contributed by atoms with Crippen molar-refractivity contribution in [2.75, 3.05) is 0 Å². The van der Waals surface area contributed by atoms with Crippen molar-refractivity contribution < 1.29 is 0 Å². The van der Waals surface area contributed by atoms with Crippen LogP contribution in [0.2, 0.25) is 0 Å². The van der Waals surface area contributed by atoms with E-state index in [-0.39, 0.29) is 0 Å². The van der Waals surface area contributed by atoms with Gasteiger partial charge in [-0.05, 0) is 28.9 Å². The molecule has 0 radical (unpaired) electrons. The highest BCUT2D eigenvalue weighted by molar-refractivity contribution is 7.97. The van der Waals surface area contributed by atoms with Gasteiger partial charge in [0.05, 0.1) is 10.4 Å². The van der Waals surface area contributed by atoms with Crippen molar-refractivity contribution in [2.24, 2.45) is 0 Å². The Morgan fingerprint density at radius 3 is 1.44 bits per heavy atom. The van der Waals surface area contributed by atoms with Gasteiger partial charge in [0.1, 0.15) is 6.33 Å². The highest BCUT2D eigenvalue weighted by Crippen LogP contribution is 2.48. The molecule has 0 amide bonds. The molecule has 1 heterocycles. The van der Waals surface area contributed by atoms with Crippen molar-refractivity contribution in [2.45, 2.75) is 0 Å². The third kappa shape index (κ3) is 3.23. The Labute approximate surface area is 164 Å². The number of hydrogen-bond acceptors (Lipinski definition) is 2. The number of halogens is 1. The normalized spacial score (nSPS) is 11.1. The van der Waals surface area contributed by atoms with Gasteiger partial charge in [0, 0.05) is 6.20 Å². The summed E-state index contributed by atoms with van der Waals surface area (Å²) in [5.41, 5.74) is 0.761. The Hall–Kier alpha value is -2.67. The highest BCUT2D eigenvalue weighted by Gasteiger charge is 2.30. The molecule has 0 aliphatic heterocycles. The zero-order valence-corrected chi connectivity index (χ0v) is 16.3. The molecule has 2 nitrogen and oxygen atoms in total. The topological polar surface area (TPSA) is 25.8 Å². The molecule has 0 saturated carbocycles. The average molecular weight is 389 g/mol. The summed E-state index contributed by atoms with van der Waals surface area (Å²) in [6.07, 6.45) is 3.29. The van der Waals surface area contributed by atoms with Crippen LogP contribution in [0.4, 0.5) is 0 Å². The van der Waals surface area contributed by atoms with Crippen LogP contribution in [0.3, 0.4) is 0 Å². The molecule has 0 unspecified atom stereocenters. The monoisotopic (exact) mass is 388 g/mol. The maximum Gasteiger partial charge on any atom is 0.116 e. The minimum absolute atomic E-state index is 0.758. The van der Waals surface area contributed by atoms with Crippen molar-refractivity contribution in [3.8, 4) is 0 Å². The predicted octanol–water partition coefficient (Wildman–Crippen LogP) is 4.19. The molecule has 27 heavy (non-hydrogen) atoms. The van der Waals surface area contributed by atoms with E-state index >= 15 is 0 Å². The van der Waals surface area contributed by atoms with Crippen LogP contribution in [0.1, 0.15) is 5.69 Å². The molecule has 4 rings (SSSR count). The summed E-state index contributed by atoms with van der Waals surface area (Å²) in [7, 11) is 0. The number of hydrogen-bond donors (Lipinski definition) is 0. The molecular weight excluding hydrogens is 371 g/mol. The van der Waals surface area contributed by atoms with Gasteiger partial charge in [-0.2, -0.15) is 0 Å². The Bertz CT molecular complexity index is 963. The summed E-state index contributed by atoms with van der Waals surface area (Å²) in [5.74, 6) is 0. The van der Waals surface area contributed by atoms with Gasteiger partial charge in [-0.3, -0.25) is 0 Å². The third-order valence-electron chi connectivity index (χ3n) is 4.52. The molecule has 4 aromatic rings. The molecule has 0 bridgehead atoms. The first kappa shape index (κ1) is 17.7. The fraction of sp³-hybridized carbons (Fsp3) is 0. The molecule has 0 aliphatic carbocycles. The maximum absolute atomic E-state index is 7.21. The van der Waals surface area contributed by atoms with Crippen molar-refractivity contribution in [1.29, 1.82) is 0 Å². The smallest absolute Gasteiger partial charge is 0.116 e. The second kappa shape index (κ2) is 7.92. The van der Waals surface area contributed by atoms with E-state index in [2.05, 4.69) is 82.8 Å². The minimum atomic E-state index is -2.27. The van der Waals surface area contributed by atoms with E-state index in [1.54, 1.807) is 12.5 Å². The molecule has 1 aromatic heterocycles. The average Bonchev–Trinajstić information content (AvgIpc) is 2.77. The number of nitrogens with zero attached hydrogens (tertiary/aromatic N) is 2. The van der Waals surface area contributed by atoms with Crippen molar-refractivity contribution >= 4 is 39.2 Å². The van der Waals surface area contributed by atoms with Gasteiger partial charge in [0.15, 0.2) is 0 Å². The Morgan fingerprint density at radius 2 is 1.07 bits per heavy atom. The zero-order valence-electron chi connectivity index (χ0n) is 14.6. The second-order valence-corrected chi connectivity index (χ2v) is 10.0. The summed E-state index contributed by atoms with van der Waals surface area (Å²) in [4.78, 5) is 8.53. The van der Waals surface area contributed by atoms with Crippen molar-refractivity contribution in [3.05, 3.63) is 115 Å². The molecule has 4 heteroatoms. The van der Waals surface area contributed by atoms with Crippen LogP contribution in [-0.4, -0.2) is 14.7 Å². The summed E-state index contributed by atoms with van der Waals surface area (Å²) in [6, 6.07) is 33.4. The van der Waals surface area contributed by atoms with E-state index in [0.717, 1.165) is 10.4 Å². The van der Waals surface area contributed by atoms with Crippen LogP contribution in [0, 0.1) is 0 Å². The Balaban J connectivity index is 2.21. The van der Waals surface area contributed by atoms with E-state index < -0.39 is 6.89 Å². The van der Waals surface area contributed by atoms with Crippen molar-refractivity contribution in [1.82, 2.24) is 9.97 Å². The van der Waals surface area contributed by atoms with Gasteiger partial charge in [0.2, 0.25) is 0 Å². The first-order valence-electron chi connectivity index (χ1n) is 8.69. The van der Waals surface area contributed by atoms with Crippen molar-refractivity contribution in [3.63, 3.8) is 0 Å². The fourth-order valence-corrected chi connectivity index (χ4v) is 8.23. The number of benzene rings is 3. The third-order valence-corrected chi connectivity index (χ3v) is 9.51. The maximum atomic E-state index is 7.21. The number of rotatable bonds is 4. The highest BCUT2D eigenvalue weighted by atomic mass is 35.5. The van der Waals surface area contributed by atoms with E-state index in [0.29, 0.717) is 0 Å². The molecule has 0 saturated heterocycles. The Morgan fingerprint density at radius 1 is 0.630 bits per heavy atom. The summed E-state index contributed by atoms with van der Waals surface area (Å²) in [5, 5.41) is 3.60. The summed E-state index contributed by atoms with van der Waals surface area (Å²) < 4.78 is 0.758. The zero-order chi connectivity index (χ0) is 18.5. The van der Waals surface area contributed by atoms with E-state index in [4.69, 9.17) is 11.6 Å². The molecular formula is C23H18ClN2P. The SMILES string of the molecule is ClC(c1ccncn1)=P(c1ccccc1)(c1ccccc1)c1ccccc1. The van der Waals surface area contributed by atoms with E-state index in [1.165, 1.54) is 15.9 Å². The predicted molar refractivity (Wildman–Crippen MR) is 117 cm³/mol. The van der Waals surface area contributed by atoms with Gasteiger partial charge in [-0.25, -0.2) is 9.97 Å². The van der Waals surface area contributed by atoms with E-state index in [9.17, 15) is 0 Å². The first-order valence-corrected chi connectivity index (χ1v) is 10.9. The lowest BCUT2D eigenvalue weighted by Crippen LogP contribution is -2.29. The van der Waals surface area contributed by atoms with Gasteiger partial charge in [-0.15, -0.1) is 0 Å². The van der Waals surface area contributed by atoms with Gasteiger partial charge < -0.3 is 0 Å². The lowest BCUT2D eigenvalue weighted by Gasteiger charge is -2.30. The first-order chi connectivity index (χ1) is 13.3. The quantitative estimate of drug-likeness (QED) is 0.490. The molecule has 132 valence electrons. The standard InChI is InChI=1S/C23H18ClN2P/c24-23(22-16-17-25-18-26-22)27(19-10-4-1-5-11-19,20-12-6-2-7-13-20)21-14-8-3-9-15-21/h1-18H. The molecule has 0 atom stereocenters. The van der Waals surface area contributed by atoms with Gasteiger partial charge in [-0.1, -0.05) is 103 Å². The molecule has 0 fully saturated rings. The van der Waals surface area contributed by atoms with Crippen LogP contribution in [0.15, 0.2) is 110 Å². The van der Waals surface area contributed by atoms with Crippen LogP contribution in [0.25, 0.3) is 0 Å². The molecule has 3 aromatic carbocycles. The van der Waals surface area contributed by atoms with Crippen LogP contribution < -0.4 is 15.9 Å². The summed E-state index contributed by atoms with van der Waals surface area (Å²) >= 11 is 7.21. The molecule has 0 N–H and O–H groups in total. The number of aromatic nitrogens is 2. The Kier molecular flexibility index (Phi) is 5.20.